The zero-order valence-electron chi connectivity index (χ0n) is 12.2. The minimum absolute atomic E-state index is 0.616. The van der Waals surface area contributed by atoms with E-state index < -0.39 is 0 Å². The predicted octanol–water partition coefficient (Wildman–Crippen LogP) is 4.59. The van der Waals surface area contributed by atoms with E-state index in [0.717, 1.165) is 16.8 Å². The van der Waals surface area contributed by atoms with Gasteiger partial charge in [-0.05, 0) is 49.1 Å². The highest BCUT2D eigenvalue weighted by atomic mass is 79.9. The van der Waals surface area contributed by atoms with E-state index >= 15 is 0 Å². The number of benzene rings is 2. The second-order valence-corrected chi connectivity index (χ2v) is 6.54. The van der Waals surface area contributed by atoms with Crippen molar-refractivity contribution >= 4 is 15.9 Å². The number of ether oxygens (including phenoxy) is 1. The normalized spacial score (nSPS) is 14.2. The molecule has 1 aliphatic carbocycles. The number of hydrogen-bond acceptors (Lipinski definition) is 2. The molecule has 0 radical (unpaired) electrons. The topological polar surface area (TPSA) is 21.3 Å². The van der Waals surface area contributed by atoms with E-state index in [-0.39, 0.29) is 0 Å². The molecule has 0 atom stereocenters. The zero-order valence-corrected chi connectivity index (χ0v) is 13.8. The van der Waals surface area contributed by atoms with E-state index in [4.69, 9.17) is 4.74 Å². The summed E-state index contributed by atoms with van der Waals surface area (Å²) in [6.07, 6.45) is 2.60. The SMILES string of the molecule is Cc1ccccc1COc1ccc(Br)cc1CNC1CC1. The van der Waals surface area contributed by atoms with Gasteiger partial charge in [0.2, 0.25) is 0 Å². The Kier molecular flexibility index (Phi) is 4.61. The van der Waals surface area contributed by atoms with Crippen molar-refractivity contribution in [2.45, 2.75) is 39.0 Å². The Balaban J connectivity index is 1.70. The van der Waals surface area contributed by atoms with Crippen LogP contribution in [0.3, 0.4) is 0 Å². The van der Waals surface area contributed by atoms with Crippen LogP contribution in [0.25, 0.3) is 0 Å². The second-order valence-electron chi connectivity index (χ2n) is 5.62. The summed E-state index contributed by atoms with van der Waals surface area (Å²) in [5.74, 6) is 0.967. The molecule has 0 aromatic heterocycles. The first-order chi connectivity index (χ1) is 10.2. The molecule has 110 valence electrons. The van der Waals surface area contributed by atoms with Gasteiger partial charge in [0.15, 0.2) is 0 Å². The average Bonchev–Trinajstić information content (AvgIpc) is 3.30. The zero-order chi connectivity index (χ0) is 14.7. The van der Waals surface area contributed by atoms with Gasteiger partial charge in [-0.1, -0.05) is 40.2 Å². The number of aryl methyl sites for hydroxylation is 1. The van der Waals surface area contributed by atoms with Crippen molar-refractivity contribution < 1.29 is 4.74 Å². The van der Waals surface area contributed by atoms with Crippen LogP contribution in [-0.2, 0) is 13.2 Å². The van der Waals surface area contributed by atoms with Crippen LogP contribution in [0.2, 0.25) is 0 Å². The Hall–Kier alpha value is -1.32. The van der Waals surface area contributed by atoms with E-state index in [1.54, 1.807) is 0 Å². The molecule has 2 nitrogen and oxygen atoms in total. The summed E-state index contributed by atoms with van der Waals surface area (Å²) >= 11 is 3.54. The molecule has 1 fully saturated rings. The molecule has 21 heavy (non-hydrogen) atoms. The molecule has 1 saturated carbocycles. The lowest BCUT2D eigenvalue weighted by molar-refractivity contribution is 0.301. The van der Waals surface area contributed by atoms with E-state index in [0.29, 0.717) is 12.6 Å². The molecular formula is C18H20BrNO. The molecule has 3 rings (SSSR count). The lowest BCUT2D eigenvalue weighted by atomic mass is 10.1. The molecular weight excluding hydrogens is 326 g/mol. The molecule has 0 unspecified atom stereocenters. The summed E-state index contributed by atoms with van der Waals surface area (Å²) in [7, 11) is 0. The molecule has 0 heterocycles. The Morgan fingerprint density at radius 2 is 1.95 bits per heavy atom. The molecule has 2 aromatic carbocycles. The van der Waals surface area contributed by atoms with Crippen molar-refractivity contribution in [2.75, 3.05) is 0 Å². The third kappa shape index (κ3) is 4.08. The summed E-state index contributed by atoms with van der Waals surface area (Å²) < 4.78 is 7.15. The van der Waals surface area contributed by atoms with Gasteiger partial charge in [0.05, 0.1) is 0 Å². The summed E-state index contributed by atoms with van der Waals surface area (Å²) in [6, 6.07) is 15.3. The Labute approximate surface area is 134 Å². The molecule has 3 heteroatoms. The fraction of sp³-hybridized carbons (Fsp3) is 0.333. The van der Waals surface area contributed by atoms with E-state index in [1.165, 1.54) is 29.5 Å². The monoisotopic (exact) mass is 345 g/mol. The van der Waals surface area contributed by atoms with Crippen LogP contribution in [0.15, 0.2) is 46.9 Å². The van der Waals surface area contributed by atoms with Crippen molar-refractivity contribution in [1.82, 2.24) is 5.32 Å². The van der Waals surface area contributed by atoms with Crippen molar-refractivity contribution in [1.29, 1.82) is 0 Å². The molecule has 0 spiro atoms. The lowest BCUT2D eigenvalue weighted by Crippen LogP contribution is -2.16. The smallest absolute Gasteiger partial charge is 0.124 e. The number of halogens is 1. The lowest BCUT2D eigenvalue weighted by Gasteiger charge is -2.14. The van der Waals surface area contributed by atoms with Gasteiger partial charge in [-0.3, -0.25) is 0 Å². The standard InChI is InChI=1S/C18H20BrNO/c1-13-4-2-3-5-14(13)12-21-18-9-6-16(19)10-15(18)11-20-17-7-8-17/h2-6,9-10,17,20H,7-8,11-12H2,1H3. The van der Waals surface area contributed by atoms with Gasteiger partial charge in [-0.15, -0.1) is 0 Å². The van der Waals surface area contributed by atoms with E-state index in [9.17, 15) is 0 Å². The third-order valence-corrected chi connectivity index (χ3v) is 4.32. The average molecular weight is 346 g/mol. The van der Waals surface area contributed by atoms with Gasteiger partial charge in [0.25, 0.3) is 0 Å². The summed E-state index contributed by atoms with van der Waals surface area (Å²) in [5, 5.41) is 3.55. The van der Waals surface area contributed by atoms with Crippen LogP contribution in [0.1, 0.15) is 29.5 Å². The molecule has 0 amide bonds. The quantitative estimate of drug-likeness (QED) is 0.826. The fourth-order valence-electron chi connectivity index (χ4n) is 2.30. The van der Waals surface area contributed by atoms with Crippen molar-refractivity contribution in [3.05, 3.63) is 63.6 Å². The maximum Gasteiger partial charge on any atom is 0.124 e. The molecule has 0 bridgehead atoms. The molecule has 0 saturated heterocycles. The van der Waals surface area contributed by atoms with Crippen LogP contribution >= 0.6 is 15.9 Å². The number of rotatable bonds is 6. The van der Waals surface area contributed by atoms with Gasteiger partial charge in [-0.2, -0.15) is 0 Å². The van der Waals surface area contributed by atoms with Crippen LogP contribution in [0.4, 0.5) is 0 Å². The van der Waals surface area contributed by atoms with Gasteiger partial charge < -0.3 is 10.1 Å². The van der Waals surface area contributed by atoms with Gasteiger partial charge in [-0.25, -0.2) is 0 Å². The van der Waals surface area contributed by atoms with Crippen LogP contribution in [0.5, 0.6) is 5.75 Å². The number of hydrogen-bond donors (Lipinski definition) is 1. The van der Waals surface area contributed by atoms with E-state index in [1.807, 2.05) is 12.1 Å². The minimum Gasteiger partial charge on any atom is -0.489 e. The van der Waals surface area contributed by atoms with Crippen molar-refractivity contribution in [2.24, 2.45) is 0 Å². The van der Waals surface area contributed by atoms with Gasteiger partial charge in [0.1, 0.15) is 12.4 Å². The highest BCUT2D eigenvalue weighted by Crippen LogP contribution is 2.26. The second kappa shape index (κ2) is 6.63. The van der Waals surface area contributed by atoms with E-state index in [2.05, 4.69) is 58.5 Å². The van der Waals surface area contributed by atoms with Crippen LogP contribution < -0.4 is 10.1 Å². The first-order valence-electron chi connectivity index (χ1n) is 7.41. The highest BCUT2D eigenvalue weighted by molar-refractivity contribution is 9.10. The summed E-state index contributed by atoms with van der Waals surface area (Å²) in [6.45, 7) is 3.60. The molecule has 0 aliphatic heterocycles. The molecule has 2 aromatic rings. The summed E-state index contributed by atoms with van der Waals surface area (Å²) in [4.78, 5) is 0. The molecule has 1 aliphatic rings. The third-order valence-electron chi connectivity index (χ3n) is 3.83. The maximum absolute atomic E-state index is 6.05. The predicted molar refractivity (Wildman–Crippen MR) is 89.5 cm³/mol. The highest BCUT2D eigenvalue weighted by Gasteiger charge is 2.20. The van der Waals surface area contributed by atoms with Crippen LogP contribution in [0, 0.1) is 6.92 Å². The molecule has 1 N–H and O–H groups in total. The Morgan fingerprint density at radius 3 is 2.71 bits per heavy atom. The Morgan fingerprint density at radius 1 is 1.14 bits per heavy atom. The minimum atomic E-state index is 0.616. The van der Waals surface area contributed by atoms with Crippen LogP contribution in [-0.4, -0.2) is 6.04 Å². The number of nitrogens with one attached hydrogen (secondary N) is 1. The largest absolute Gasteiger partial charge is 0.489 e. The van der Waals surface area contributed by atoms with Gasteiger partial charge >= 0.3 is 0 Å². The van der Waals surface area contributed by atoms with Crippen molar-refractivity contribution in [3.63, 3.8) is 0 Å². The first kappa shape index (κ1) is 14.6. The fourth-order valence-corrected chi connectivity index (χ4v) is 2.70. The van der Waals surface area contributed by atoms with Crippen molar-refractivity contribution in [3.8, 4) is 5.75 Å². The van der Waals surface area contributed by atoms with Gasteiger partial charge in [0, 0.05) is 22.6 Å². The maximum atomic E-state index is 6.05. The first-order valence-corrected chi connectivity index (χ1v) is 8.21. The Bertz CT molecular complexity index is 622. The summed E-state index contributed by atoms with van der Waals surface area (Å²) in [5.41, 5.74) is 3.72.